The fourth-order valence-corrected chi connectivity index (χ4v) is 4.21. The highest BCUT2D eigenvalue weighted by molar-refractivity contribution is 7.14. The third-order valence-corrected chi connectivity index (χ3v) is 5.85. The van der Waals surface area contributed by atoms with Crippen molar-refractivity contribution in [2.75, 3.05) is 23.3 Å². The molecule has 1 fully saturated rings. The summed E-state index contributed by atoms with van der Waals surface area (Å²) in [5, 5.41) is 14.0. The number of benzene rings is 1. The van der Waals surface area contributed by atoms with Gasteiger partial charge in [-0.15, -0.1) is 21.5 Å². The van der Waals surface area contributed by atoms with E-state index in [0.29, 0.717) is 16.8 Å². The zero-order valence-corrected chi connectivity index (χ0v) is 17.0. The fourth-order valence-electron chi connectivity index (χ4n) is 3.40. The lowest BCUT2D eigenvalue weighted by Gasteiger charge is -2.32. The molecule has 4 rings (SSSR count). The first kappa shape index (κ1) is 18.8. The molecule has 1 saturated heterocycles. The molecule has 1 unspecified atom stereocenters. The second-order valence-electron chi connectivity index (χ2n) is 6.84. The lowest BCUT2D eigenvalue weighted by Crippen LogP contribution is -2.41. The molecule has 1 N–H and O–H groups in total. The number of piperidine rings is 1. The fraction of sp³-hybridized carbons (Fsp3) is 0.300. The van der Waals surface area contributed by atoms with Crippen molar-refractivity contribution in [3.63, 3.8) is 0 Å². The number of aryl methyl sites for hydroxylation is 1. The van der Waals surface area contributed by atoms with Crippen molar-refractivity contribution in [1.82, 2.24) is 15.2 Å². The van der Waals surface area contributed by atoms with E-state index in [1.165, 1.54) is 11.3 Å². The van der Waals surface area contributed by atoms with Gasteiger partial charge in [0.25, 0.3) is 0 Å². The molecule has 0 bridgehead atoms. The number of nitrogens with zero attached hydrogens (tertiary/aromatic N) is 4. The van der Waals surface area contributed by atoms with Crippen LogP contribution in [0.2, 0.25) is 5.15 Å². The van der Waals surface area contributed by atoms with E-state index in [4.69, 9.17) is 11.6 Å². The van der Waals surface area contributed by atoms with Gasteiger partial charge in [-0.3, -0.25) is 4.79 Å². The second-order valence-corrected chi connectivity index (χ2v) is 8.09. The molecule has 0 saturated carbocycles. The van der Waals surface area contributed by atoms with Crippen LogP contribution < -0.4 is 10.2 Å². The van der Waals surface area contributed by atoms with Crippen LogP contribution in [0.5, 0.6) is 0 Å². The van der Waals surface area contributed by atoms with Crippen molar-refractivity contribution in [1.29, 1.82) is 0 Å². The number of aromatic nitrogens is 3. The van der Waals surface area contributed by atoms with Crippen LogP contribution in [0, 0.1) is 12.8 Å². The number of carbonyl (C=O) groups is 1. The molecule has 6 nitrogen and oxygen atoms in total. The Bertz CT molecular complexity index is 975. The maximum atomic E-state index is 12.8. The average molecular weight is 414 g/mol. The number of hydrogen-bond acceptors (Lipinski definition) is 6. The van der Waals surface area contributed by atoms with Gasteiger partial charge in [-0.1, -0.05) is 35.9 Å². The molecular weight excluding hydrogens is 394 g/mol. The SMILES string of the molecule is Cc1ccccc1-c1csc(NC(=O)C2CCCN(c3ccc(Cl)nn3)C2)n1. The molecule has 1 aromatic carbocycles. The Morgan fingerprint density at radius 2 is 2.11 bits per heavy atom. The predicted octanol–water partition coefficient (Wildman–Crippen LogP) is 4.42. The van der Waals surface area contributed by atoms with Gasteiger partial charge < -0.3 is 10.2 Å². The van der Waals surface area contributed by atoms with Crippen molar-refractivity contribution in [3.05, 3.63) is 52.5 Å². The number of carbonyl (C=O) groups excluding carboxylic acids is 1. The lowest BCUT2D eigenvalue weighted by molar-refractivity contribution is -0.120. The summed E-state index contributed by atoms with van der Waals surface area (Å²) in [4.78, 5) is 19.5. The van der Waals surface area contributed by atoms with Crippen LogP contribution in [-0.4, -0.2) is 34.2 Å². The van der Waals surface area contributed by atoms with Gasteiger partial charge in [-0.25, -0.2) is 4.98 Å². The first-order chi connectivity index (χ1) is 13.6. The summed E-state index contributed by atoms with van der Waals surface area (Å²) in [7, 11) is 0. The number of rotatable bonds is 4. The van der Waals surface area contributed by atoms with E-state index in [1.807, 2.05) is 29.6 Å². The summed E-state index contributed by atoms with van der Waals surface area (Å²) >= 11 is 7.26. The summed E-state index contributed by atoms with van der Waals surface area (Å²) in [6, 6.07) is 11.7. The van der Waals surface area contributed by atoms with Gasteiger partial charge in [0.1, 0.15) is 0 Å². The van der Waals surface area contributed by atoms with Crippen LogP contribution in [0.3, 0.4) is 0 Å². The number of thiazole rings is 1. The van der Waals surface area contributed by atoms with E-state index in [1.54, 1.807) is 6.07 Å². The Hall–Kier alpha value is -2.51. The largest absolute Gasteiger partial charge is 0.354 e. The summed E-state index contributed by atoms with van der Waals surface area (Å²) in [5.74, 6) is 0.632. The second kappa shape index (κ2) is 8.24. The minimum atomic E-state index is -0.114. The summed E-state index contributed by atoms with van der Waals surface area (Å²) < 4.78 is 0. The molecule has 0 spiro atoms. The summed E-state index contributed by atoms with van der Waals surface area (Å²) in [6.45, 7) is 3.52. The van der Waals surface area contributed by atoms with Crippen molar-refractivity contribution in [2.45, 2.75) is 19.8 Å². The Morgan fingerprint density at radius 1 is 1.25 bits per heavy atom. The third-order valence-electron chi connectivity index (χ3n) is 4.89. The Labute approximate surface area is 172 Å². The topological polar surface area (TPSA) is 71.0 Å². The number of amides is 1. The van der Waals surface area contributed by atoms with Gasteiger partial charge in [0.05, 0.1) is 11.6 Å². The van der Waals surface area contributed by atoms with E-state index >= 15 is 0 Å². The minimum Gasteiger partial charge on any atom is -0.354 e. The molecule has 3 aromatic rings. The first-order valence-corrected chi connectivity index (χ1v) is 10.4. The lowest BCUT2D eigenvalue weighted by atomic mass is 9.97. The minimum absolute atomic E-state index is 0.00249. The van der Waals surface area contributed by atoms with Gasteiger partial charge in [0.15, 0.2) is 16.1 Å². The van der Waals surface area contributed by atoms with Gasteiger partial charge in [-0.05, 0) is 37.5 Å². The van der Waals surface area contributed by atoms with Crippen LogP contribution >= 0.6 is 22.9 Å². The molecule has 1 aliphatic heterocycles. The molecule has 144 valence electrons. The number of hydrogen-bond donors (Lipinski definition) is 1. The number of nitrogens with one attached hydrogen (secondary N) is 1. The van der Waals surface area contributed by atoms with E-state index < -0.39 is 0 Å². The van der Waals surface area contributed by atoms with Crippen molar-refractivity contribution < 1.29 is 4.79 Å². The van der Waals surface area contributed by atoms with Gasteiger partial charge >= 0.3 is 0 Å². The number of anilines is 2. The maximum Gasteiger partial charge on any atom is 0.231 e. The van der Waals surface area contributed by atoms with E-state index in [9.17, 15) is 4.79 Å². The van der Waals surface area contributed by atoms with Crippen LogP contribution in [0.4, 0.5) is 10.9 Å². The van der Waals surface area contributed by atoms with Crippen molar-refractivity contribution in [3.8, 4) is 11.3 Å². The van der Waals surface area contributed by atoms with Crippen LogP contribution in [-0.2, 0) is 4.79 Å². The molecule has 2 aromatic heterocycles. The molecule has 3 heterocycles. The zero-order chi connectivity index (χ0) is 19.5. The molecule has 1 aliphatic rings. The molecule has 28 heavy (non-hydrogen) atoms. The van der Waals surface area contributed by atoms with Crippen molar-refractivity contribution >= 4 is 39.8 Å². The van der Waals surface area contributed by atoms with Crippen molar-refractivity contribution in [2.24, 2.45) is 5.92 Å². The summed E-state index contributed by atoms with van der Waals surface area (Å²) in [6.07, 6.45) is 1.77. The smallest absolute Gasteiger partial charge is 0.231 e. The highest BCUT2D eigenvalue weighted by Crippen LogP contribution is 2.28. The first-order valence-electron chi connectivity index (χ1n) is 9.17. The molecule has 1 atom stereocenters. The normalized spacial score (nSPS) is 16.8. The van der Waals surface area contributed by atoms with Crippen LogP contribution in [0.1, 0.15) is 18.4 Å². The van der Waals surface area contributed by atoms with Crippen LogP contribution in [0.15, 0.2) is 41.8 Å². The molecule has 1 amide bonds. The highest BCUT2D eigenvalue weighted by atomic mass is 35.5. The standard InChI is InChI=1S/C20H20ClN5OS/c1-13-5-2-3-7-15(13)16-12-28-20(22-16)23-19(27)14-6-4-10-26(11-14)18-9-8-17(21)24-25-18/h2-3,5,7-9,12,14H,4,6,10-11H2,1H3,(H,22,23,27). The number of halogens is 1. The maximum absolute atomic E-state index is 12.8. The molecule has 8 heteroatoms. The van der Waals surface area contributed by atoms with Crippen LogP contribution in [0.25, 0.3) is 11.3 Å². The highest BCUT2D eigenvalue weighted by Gasteiger charge is 2.27. The monoisotopic (exact) mass is 413 g/mol. The predicted molar refractivity (Wildman–Crippen MR) is 113 cm³/mol. The third kappa shape index (κ3) is 4.15. The molecular formula is C20H20ClN5OS. The quantitative estimate of drug-likeness (QED) is 0.685. The Morgan fingerprint density at radius 3 is 2.89 bits per heavy atom. The Kier molecular flexibility index (Phi) is 5.54. The molecule has 0 aliphatic carbocycles. The average Bonchev–Trinajstić information content (AvgIpc) is 3.17. The van der Waals surface area contributed by atoms with E-state index in [-0.39, 0.29) is 11.8 Å². The zero-order valence-electron chi connectivity index (χ0n) is 15.4. The molecule has 0 radical (unpaired) electrons. The van der Waals surface area contributed by atoms with Gasteiger partial charge in [-0.2, -0.15) is 0 Å². The summed E-state index contributed by atoms with van der Waals surface area (Å²) in [5.41, 5.74) is 3.14. The van der Waals surface area contributed by atoms with E-state index in [0.717, 1.165) is 42.0 Å². The van der Waals surface area contributed by atoms with E-state index in [2.05, 4.69) is 38.4 Å². The van der Waals surface area contributed by atoms with Gasteiger partial charge in [0.2, 0.25) is 5.91 Å². The van der Waals surface area contributed by atoms with Gasteiger partial charge in [0, 0.05) is 24.0 Å². The Balaban J connectivity index is 1.42.